The number of aliphatic imine (C=N–C) groups is 1. The van der Waals surface area contributed by atoms with Crippen molar-refractivity contribution < 1.29 is 18.3 Å². The van der Waals surface area contributed by atoms with Crippen LogP contribution in [0.4, 0.5) is 8.78 Å². The highest BCUT2D eigenvalue weighted by Gasteiger charge is 2.21. The van der Waals surface area contributed by atoms with E-state index >= 15 is 0 Å². The Morgan fingerprint density at radius 1 is 1.42 bits per heavy atom. The van der Waals surface area contributed by atoms with Crippen molar-refractivity contribution >= 4 is 41.7 Å². The smallest absolute Gasteiger partial charge is 0.387 e. The van der Waals surface area contributed by atoms with Crippen molar-refractivity contribution in [1.29, 1.82) is 0 Å². The molecule has 1 atom stereocenters. The van der Waals surface area contributed by atoms with Crippen molar-refractivity contribution in [3.05, 3.63) is 23.8 Å². The van der Waals surface area contributed by atoms with Crippen molar-refractivity contribution in [3.63, 3.8) is 0 Å². The van der Waals surface area contributed by atoms with E-state index in [4.69, 9.17) is 4.74 Å². The molecular weight excluding hydrogens is 475 g/mol. The summed E-state index contributed by atoms with van der Waals surface area (Å²) in [5, 5.41) is 3.91. The number of rotatable bonds is 6. The number of nitrogens with one attached hydrogen (secondary N) is 1. The lowest BCUT2D eigenvalue weighted by Gasteiger charge is -2.34. The predicted octanol–water partition coefficient (Wildman–Crippen LogP) is 3.82. The second-order valence-electron chi connectivity index (χ2n) is 5.61. The molecule has 2 rings (SSSR count). The van der Waals surface area contributed by atoms with Crippen molar-refractivity contribution in [3.8, 4) is 11.5 Å². The van der Waals surface area contributed by atoms with Gasteiger partial charge < -0.3 is 19.7 Å². The standard InChI is InChI=1S/C17H25F2N3O2S.HI/c1-4-13-11-22(7-8-25-13)17(20-2)21-10-12-5-6-14(23-3)15(9-12)24-16(18)19;/h5-6,9,13,16H,4,7-8,10-11H2,1-3H3,(H,20,21);1H. The average molecular weight is 501 g/mol. The SMILES string of the molecule is CCC1CN(C(=NC)NCc2ccc(OC)c(OC(F)F)c2)CCS1.I. The average Bonchev–Trinajstić information content (AvgIpc) is 2.62. The van der Waals surface area contributed by atoms with Crippen LogP contribution in [-0.4, -0.2) is 55.7 Å². The van der Waals surface area contributed by atoms with Crippen LogP contribution >= 0.6 is 35.7 Å². The minimum absolute atomic E-state index is 0. The van der Waals surface area contributed by atoms with Crippen LogP contribution in [0, 0.1) is 0 Å². The van der Waals surface area contributed by atoms with E-state index in [1.807, 2.05) is 17.8 Å². The third-order valence-corrected chi connectivity index (χ3v) is 5.37. The topological polar surface area (TPSA) is 46.1 Å². The summed E-state index contributed by atoms with van der Waals surface area (Å²) in [6, 6.07) is 5.01. The van der Waals surface area contributed by atoms with E-state index in [9.17, 15) is 8.78 Å². The molecule has 1 aliphatic heterocycles. The second kappa shape index (κ2) is 11.7. The molecule has 1 aliphatic rings. The molecule has 1 heterocycles. The summed E-state index contributed by atoms with van der Waals surface area (Å²) in [6.45, 7) is 1.68. The summed E-state index contributed by atoms with van der Waals surface area (Å²) >= 11 is 2.00. The molecule has 0 aliphatic carbocycles. The lowest BCUT2D eigenvalue weighted by atomic mass is 10.2. The highest BCUT2D eigenvalue weighted by atomic mass is 127. The number of hydrogen-bond acceptors (Lipinski definition) is 4. The number of benzene rings is 1. The van der Waals surface area contributed by atoms with Crippen LogP contribution in [0.3, 0.4) is 0 Å². The third kappa shape index (κ3) is 6.64. The molecule has 0 radical (unpaired) electrons. The van der Waals surface area contributed by atoms with Crippen LogP contribution < -0.4 is 14.8 Å². The predicted molar refractivity (Wildman–Crippen MR) is 113 cm³/mol. The molecule has 1 saturated heterocycles. The molecule has 0 aromatic heterocycles. The first kappa shape index (κ1) is 23.1. The van der Waals surface area contributed by atoms with Gasteiger partial charge in [-0.05, 0) is 24.1 Å². The number of hydrogen-bond donors (Lipinski definition) is 1. The minimum Gasteiger partial charge on any atom is -0.493 e. The van der Waals surface area contributed by atoms with Gasteiger partial charge >= 0.3 is 6.61 Å². The fourth-order valence-corrected chi connectivity index (χ4v) is 3.87. The highest BCUT2D eigenvalue weighted by molar-refractivity contribution is 14.0. The van der Waals surface area contributed by atoms with Gasteiger partial charge in [0, 0.05) is 37.7 Å². The zero-order valence-electron chi connectivity index (χ0n) is 15.2. The zero-order chi connectivity index (χ0) is 18.2. The van der Waals surface area contributed by atoms with Gasteiger partial charge in [-0.1, -0.05) is 13.0 Å². The van der Waals surface area contributed by atoms with Crippen LogP contribution in [0.1, 0.15) is 18.9 Å². The first-order chi connectivity index (χ1) is 12.1. The first-order valence-corrected chi connectivity index (χ1v) is 9.31. The largest absolute Gasteiger partial charge is 0.493 e. The molecule has 148 valence electrons. The maximum Gasteiger partial charge on any atom is 0.387 e. The molecule has 26 heavy (non-hydrogen) atoms. The fraction of sp³-hybridized carbons (Fsp3) is 0.588. The summed E-state index contributed by atoms with van der Waals surface area (Å²) < 4.78 is 34.6. The van der Waals surface area contributed by atoms with Gasteiger partial charge in [-0.2, -0.15) is 20.5 Å². The molecule has 1 fully saturated rings. The molecule has 9 heteroatoms. The number of guanidine groups is 1. The zero-order valence-corrected chi connectivity index (χ0v) is 18.4. The Balaban J connectivity index is 0.00000338. The third-order valence-electron chi connectivity index (χ3n) is 4.00. The summed E-state index contributed by atoms with van der Waals surface area (Å²) in [6.07, 6.45) is 1.13. The van der Waals surface area contributed by atoms with Gasteiger partial charge in [-0.25, -0.2) is 0 Å². The van der Waals surface area contributed by atoms with E-state index < -0.39 is 6.61 Å². The lowest BCUT2D eigenvalue weighted by molar-refractivity contribution is -0.0512. The Labute approximate surface area is 174 Å². The van der Waals surface area contributed by atoms with Gasteiger partial charge in [0.15, 0.2) is 17.5 Å². The quantitative estimate of drug-likeness (QED) is 0.365. The Morgan fingerprint density at radius 3 is 2.81 bits per heavy atom. The first-order valence-electron chi connectivity index (χ1n) is 8.26. The lowest BCUT2D eigenvalue weighted by Crippen LogP contribution is -2.47. The van der Waals surface area contributed by atoms with Crippen LogP contribution in [0.15, 0.2) is 23.2 Å². The number of nitrogens with zero attached hydrogens (tertiary/aromatic N) is 2. The van der Waals surface area contributed by atoms with E-state index in [0.29, 0.717) is 11.8 Å². The van der Waals surface area contributed by atoms with E-state index in [2.05, 4.69) is 26.9 Å². The molecule has 0 spiro atoms. The highest BCUT2D eigenvalue weighted by Crippen LogP contribution is 2.29. The van der Waals surface area contributed by atoms with E-state index in [1.54, 1.807) is 19.2 Å². The van der Waals surface area contributed by atoms with Crippen molar-refractivity contribution in [2.75, 3.05) is 33.0 Å². The Bertz CT molecular complexity index is 593. The Kier molecular flexibility index (Phi) is 10.4. The van der Waals surface area contributed by atoms with Crippen LogP contribution in [-0.2, 0) is 6.54 Å². The molecule has 0 bridgehead atoms. The van der Waals surface area contributed by atoms with E-state index in [-0.39, 0.29) is 35.5 Å². The van der Waals surface area contributed by atoms with Gasteiger partial charge in [0.1, 0.15) is 0 Å². The molecular formula is C17H26F2IN3O2S. The van der Waals surface area contributed by atoms with Gasteiger partial charge in [0.25, 0.3) is 0 Å². The van der Waals surface area contributed by atoms with E-state index in [0.717, 1.165) is 36.8 Å². The molecule has 0 amide bonds. The number of alkyl halides is 2. The maximum atomic E-state index is 12.5. The second-order valence-corrected chi connectivity index (χ2v) is 7.02. The number of halogens is 3. The van der Waals surface area contributed by atoms with Crippen molar-refractivity contribution in [2.45, 2.75) is 31.8 Å². The molecule has 1 aromatic rings. The molecule has 0 saturated carbocycles. The monoisotopic (exact) mass is 501 g/mol. The maximum absolute atomic E-state index is 12.5. The summed E-state index contributed by atoms with van der Waals surface area (Å²) in [4.78, 5) is 6.59. The number of ether oxygens (including phenoxy) is 2. The van der Waals surface area contributed by atoms with Gasteiger partial charge in [-0.3, -0.25) is 4.99 Å². The Hall–Kier alpha value is -0.970. The van der Waals surface area contributed by atoms with Crippen LogP contribution in [0.2, 0.25) is 0 Å². The summed E-state index contributed by atoms with van der Waals surface area (Å²) in [7, 11) is 3.18. The van der Waals surface area contributed by atoms with E-state index in [1.165, 1.54) is 7.11 Å². The number of methoxy groups -OCH3 is 1. The normalized spacial score (nSPS) is 17.7. The van der Waals surface area contributed by atoms with Crippen molar-refractivity contribution in [1.82, 2.24) is 10.2 Å². The molecule has 1 aromatic carbocycles. The minimum atomic E-state index is -2.89. The van der Waals surface area contributed by atoms with Gasteiger partial charge in [0.05, 0.1) is 7.11 Å². The van der Waals surface area contributed by atoms with Gasteiger partial charge in [-0.15, -0.1) is 24.0 Å². The molecule has 5 nitrogen and oxygen atoms in total. The summed E-state index contributed by atoms with van der Waals surface area (Å²) in [5.74, 6) is 2.22. The number of thioether (sulfide) groups is 1. The fourth-order valence-electron chi connectivity index (χ4n) is 2.69. The van der Waals surface area contributed by atoms with Crippen LogP contribution in [0.5, 0.6) is 11.5 Å². The van der Waals surface area contributed by atoms with Crippen molar-refractivity contribution in [2.24, 2.45) is 4.99 Å². The van der Waals surface area contributed by atoms with Crippen LogP contribution in [0.25, 0.3) is 0 Å². The molecule has 1 N–H and O–H groups in total. The Morgan fingerprint density at radius 2 is 2.19 bits per heavy atom. The van der Waals surface area contributed by atoms with Gasteiger partial charge in [0.2, 0.25) is 0 Å². The molecule has 1 unspecified atom stereocenters. The summed E-state index contributed by atoms with van der Waals surface area (Å²) in [5.41, 5.74) is 0.816.